The molecule has 0 bridgehead atoms. The van der Waals surface area contributed by atoms with Crippen molar-refractivity contribution in [3.05, 3.63) is 36.4 Å². The molecule has 166 valence electrons. The fourth-order valence-corrected chi connectivity index (χ4v) is 4.25. The van der Waals surface area contributed by atoms with E-state index in [1.807, 2.05) is 6.92 Å². The van der Waals surface area contributed by atoms with Crippen molar-refractivity contribution in [2.24, 2.45) is 12.8 Å². The number of nitrogens with one attached hydrogen (secondary N) is 2. The number of aryl methyl sites for hydroxylation is 1. The Morgan fingerprint density at radius 2 is 2.16 bits per heavy atom. The van der Waals surface area contributed by atoms with Crippen LogP contribution < -0.4 is 15.8 Å². The Morgan fingerprint density at radius 3 is 2.94 bits per heavy atom. The fraction of sp³-hybridized carbons (Fsp3) is 0.364. The molecule has 1 amide bonds. The summed E-state index contributed by atoms with van der Waals surface area (Å²) in [5.41, 5.74) is 8.23. The summed E-state index contributed by atoms with van der Waals surface area (Å²) >= 11 is 0. The molecule has 5 rings (SSSR count). The summed E-state index contributed by atoms with van der Waals surface area (Å²) in [6.07, 6.45) is 5.92. The molecule has 1 aromatic carbocycles. The van der Waals surface area contributed by atoms with Gasteiger partial charge in [0.15, 0.2) is 16.9 Å². The zero-order valence-electron chi connectivity index (χ0n) is 17.9. The summed E-state index contributed by atoms with van der Waals surface area (Å²) < 4.78 is 20.8. The van der Waals surface area contributed by atoms with Gasteiger partial charge >= 0.3 is 6.09 Å². The third kappa shape index (κ3) is 3.66. The standard InChI is InChI=1S/C22H24FN7O2/c1-22(7-5-13(24)6-8-22)28-21(31)32-17-11-26-20-19(17)27-15(10-25-20)18-14-4-3-12(23)9-16(14)30(2)29-18/h3-4,9-11,13H,5-8,24H2,1-2H3,(H,25,26)(H,28,31)/t13-,22+. The van der Waals surface area contributed by atoms with E-state index in [2.05, 4.69) is 25.4 Å². The minimum Gasteiger partial charge on any atom is -0.406 e. The molecular weight excluding hydrogens is 413 g/mol. The van der Waals surface area contributed by atoms with Crippen LogP contribution in [0.1, 0.15) is 32.6 Å². The highest BCUT2D eigenvalue weighted by atomic mass is 19.1. The van der Waals surface area contributed by atoms with Gasteiger partial charge < -0.3 is 20.8 Å². The highest BCUT2D eigenvalue weighted by Crippen LogP contribution is 2.31. The monoisotopic (exact) mass is 437 g/mol. The van der Waals surface area contributed by atoms with E-state index in [4.69, 9.17) is 10.5 Å². The molecule has 0 spiro atoms. The maximum Gasteiger partial charge on any atom is 0.413 e. The van der Waals surface area contributed by atoms with Gasteiger partial charge in [-0.05, 0) is 50.8 Å². The van der Waals surface area contributed by atoms with E-state index >= 15 is 0 Å². The molecule has 0 unspecified atom stereocenters. The minimum absolute atomic E-state index is 0.183. The number of aromatic nitrogens is 5. The van der Waals surface area contributed by atoms with E-state index in [0.29, 0.717) is 28.1 Å². The average Bonchev–Trinajstić information content (AvgIpc) is 3.30. The van der Waals surface area contributed by atoms with Gasteiger partial charge in [-0.15, -0.1) is 0 Å². The molecule has 4 N–H and O–H groups in total. The second-order valence-corrected chi connectivity index (χ2v) is 8.65. The van der Waals surface area contributed by atoms with Crippen LogP contribution in [0.3, 0.4) is 0 Å². The normalized spacial score (nSPS) is 21.2. The first-order valence-electron chi connectivity index (χ1n) is 10.5. The van der Waals surface area contributed by atoms with Crippen molar-refractivity contribution in [3.8, 4) is 17.1 Å². The van der Waals surface area contributed by atoms with Gasteiger partial charge in [-0.3, -0.25) is 4.68 Å². The lowest BCUT2D eigenvalue weighted by molar-refractivity contribution is 0.171. The Kier molecular flexibility index (Phi) is 4.81. The number of carbonyl (C=O) groups is 1. The zero-order valence-corrected chi connectivity index (χ0v) is 17.9. The number of H-pyrrole nitrogens is 1. The van der Waals surface area contributed by atoms with Gasteiger partial charge in [0.05, 0.1) is 11.7 Å². The Hall–Kier alpha value is -3.53. The second-order valence-electron chi connectivity index (χ2n) is 8.65. The van der Waals surface area contributed by atoms with Crippen LogP contribution in [0.4, 0.5) is 9.18 Å². The molecule has 1 fully saturated rings. The van der Waals surface area contributed by atoms with Gasteiger partial charge in [-0.25, -0.2) is 19.2 Å². The number of aromatic amines is 1. The molecule has 10 heteroatoms. The number of hydrogen-bond acceptors (Lipinski definition) is 6. The summed E-state index contributed by atoms with van der Waals surface area (Å²) in [4.78, 5) is 24.6. The lowest BCUT2D eigenvalue weighted by atomic mass is 9.81. The Morgan fingerprint density at radius 1 is 1.38 bits per heavy atom. The Labute approximate surface area is 183 Å². The van der Waals surface area contributed by atoms with Crippen molar-refractivity contribution in [3.63, 3.8) is 0 Å². The zero-order chi connectivity index (χ0) is 22.5. The summed E-state index contributed by atoms with van der Waals surface area (Å²) in [6.45, 7) is 2.00. The lowest BCUT2D eigenvalue weighted by Crippen LogP contribution is -2.50. The quantitative estimate of drug-likeness (QED) is 0.451. The first-order chi connectivity index (χ1) is 15.3. The SMILES string of the molecule is Cn1nc(-c2cnc3[nH]cc(OC(=O)N[C@]4(C)CC[C@H](N)CC4)c3n2)c2ccc(F)cc21. The van der Waals surface area contributed by atoms with E-state index in [-0.39, 0.29) is 23.1 Å². The average molecular weight is 437 g/mol. The second kappa shape index (κ2) is 7.56. The first-order valence-corrected chi connectivity index (χ1v) is 10.5. The summed E-state index contributed by atoms with van der Waals surface area (Å²) in [5, 5.41) is 8.20. The number of carbonyl (C=O) groups excluding carboxylic acids is 1. The van der Waals surface area contributed by atoms with E-state index in [0.717, 1.165) is 31.1 Å². The van der Waals surface area contributed by atoms with Gasteiger partial charge in [0, 0.05) is 30.2 Å². The molecule has 0 saturated heterocycles. The molecule has 3 heterocycles. The maximum absolute atomic E-state index is 13.6. The van der Waals surface area contributed by atoms with Crippen LogP contribution in [-0.2, 0) is 7.05 Å². The van der Waals surface area contributed by atoms with Crippen molar-refractivity contribution >= 4 is 28.2 Å². The third-order valence-electron chi connectivity index (χ3n) is 6.14. The first kappa shape index (κ1) is 20.4. The summed E-state index contributed by atoms with van der Waals surface area (Å²) in [7, 11) is 1.74. The number of benzene rings is 1. The van der Waals surface area contributed by atoms with Crippen molar-refractivity contribution in [2.45, 2.75) is 44.2 Å². The Bertz CT molecular complexity index is 1320. The van der Waals surface area contributed by atoms with E-state index in [1.165, 1.54) is 12.1 Å². The smallest absolute Gasteiger partial charge is 0.406 e. The van der Waals surface area contributed by atoms with E-state index in [9.17, 15) is 9.18 Å². The predicted octanol–water partition coefficient (Wildman–Crippen LogP) is 3.40. The van der Waals surface area contributed by atoms with Crippen LogP contribution in [0.15, 0.2) is 30.6 Å². The number of halogens is 1. The molecule has 1 aliphatic rings. The van der Waals surface area contributed by atoms with Gasteiger partial charge in [0.25, 0.3) is 0 Å². The molecule has 3 aromatic heterocycles. The molecule has 0 atom stereocenters. The fourth-order valence-electron chi connectivity index (χ4n) is 4.25. The molecule has 1 aliphatic carbocycles. The molecule has 4 aromatic rings. The number of fused-ring (bicyclic) bond motifs is 2. The van der Waals surface area contributed by atoms with Crippen molar-refractivity contribution < 1.29 is 13.9 Å². The van der Waals surface area contributed by atoms with Crippen LogP contribution in [0, 0.1) is 5.82 Å². The molecule has 9 nitrogen and oxygen atoms in total. The number of rotatable bonds is 3. The predicted molar refractivity (Wildman–Crippen MR) is 118 cm³/mol. The van der Waals surface area contributed by atoms with Crippen LogP contribution >= 0.6 is 0 Å². The topological polar surface area (TPSA) is 124 Å². The molecular formula is C22H24FN7O2. The van der Waals surface area contributed by atoms with Gasteiger partial charge in [-0.1, -0.05) is 0 Å². The number of hydrogen-bond donors (Lipinski definition) is 3. The number of amides is 1. The van der Waals surface area contributed by atoms with Crippen molar-refractivity contribution in [2.75, 3.05) is 0 Å². The van der Waals surface area contributed by atoms with Crippen LogP contribution in [0.5, 0.6) is 5.75 Å². The third-order valence-corrected chi connectivity index (χ3v) is 6.14. The van der Waals surface area contributed by atoms with Crippen LogP contribution in [0.25, 0.3) is 33.5 Å². The van der Waals surface area contributed by atoms with Crippen molar-refractivity contribution in [1.82, 2.24) is 30.0 Å². The molecule has 1 saturated carbocycles. The van der Waals surface area contributed by atoms with Crippen LogP contribution in [-0.4, -0.2) is 42.4 Å². The number of nitrogens with zero attached hydrogens (tertiary/aromatic N) is 4. The molecule has 0 aliphatic heterocycles. The lowest BCUT2D eigenvalue weighted by Gasteiger charge is -2.36. The van der Waals surface area contributed by atoms with E-state index < -0.39 is 6.09 Å². The summed E-state index contributed by atoms with van der Waals surface area (Å²) in [6, 6.07) is 4.65. The molecule has 0 radical (unpaired) electrons. The van der Waals surface area contributed by atoms with Crippen LogP contribution in [0.2, 0.25) is 0 Å². The number of ether oxygens (including phenoxy) is 1. The summed E-state index contributed by atoms with van der Waals surface area (Å²) in [5.74, 6) is -0.0659. The minimum atomic E-state index is -0.546. The van der Waals surface area contributed by atoms with Gasteiger partial charge in [0.2, 0.25) is 0 Å². The highest BCUT2D eigenvalue weighted by molar-refractivity contribution is 5.93. The maximum atomic E-state index is 13.6. The van der Waals surface area contributed by atoms with E-state index in [1.54, 1.807) is 30.2 Å². The Balaban J connectivity index is 1.43. The largest absolute Gasteiger partial charge is 0.413 e. The molecule has 32 heavy (non-hydrogen) atoms. The number of nitrogens with two attached hydrogens (primary N) is 1. The van der Waals surface area contributed by atoms with Gasteiger partial charge in [-0.2, -0.15) is 5.10 Å². The highest BCUT2D eigenvalue weighted by Gasteiger charge is 2.32. The van der Waals surface area contributed by atoms with Gasteiger partial charge in [0.1, 0.15) is 17.2 Å². The van der Waals surface area contributed by atoms with Crippen molar-refractivity contribution in [1.29, 1.82) is 0 Å².